The van der Waals surface area contributed by atoms with Gasteiger partial charge in [0.2, 0.25) is 0 Å². The highest BCUT2D eigenvalue weighted by Crippen LogP contribution is 2.48. The zero-order valence-corrected chi connectivity index (χ0v) is 16.3. The van der Waals surface area contributed by atoms with E-state index in [1.54, 1.807) is 12.1 Å². The third-order valence-electron chi connectivity index (χ3n) is 6.88. The van der Waals surface area contributed by atoms with E-state index in [0.717, 1.165) is 34.8 Å². The maximum absolute atomic E-state index is 13.0. The Balaban J connectivity index is 1.39. The van der Waals surface area contributed by atoms with E-state index in [-0.39, 0.29) is 5.82 Å². The lowest BCUT2D eigenvalue weighted by atomic mass is 9.63. The molecule has 1 unspecified atom stereocenters. The van der Waals surface area contributed by atoms with Crippen molar-refractivity contribution in [2.75, 3.05) is 0 Å². The van der Waals surface area contributed by atoms with Crippen molar-refractivity contribution in [3.63, 3.8) is 0 Å². The van der Waals surface area contributed by atoms with Crippen molar-refractivity contribution >= 4 is 0 Å². The van der Waals surface area contributed by atoms with Gasteiger partial charge in [0.1, 0.15) is 5.82 Å². The molecule has 140 valence electrons. The van der Waals surface area contributed by atoms with Crippen LogP contribution in [-0.4, -0.2) is 0 Å². The molecule has 2 fully saturated rings. The largest absolute Gasteiger partial charge is 0.207 e. The Morgan fingerprint density at radius 3 is 2.04 bits per heavy atom. The molecule has 2 aliphatic carbocycles. The third-order valence-corrected chi connectivity index (χ3v) is 6.88. The topological polar surface area (TPSA) is 0 Å². The minimum atomic E-state index is -0.220. The molecule has 0 N–H and O–H groups in total. The lowest BCUT2D eigenvalue weighted by molar-refractivity contribution is 0.116. The number of rotatable bonds is 2. The summed E-state index contributed by atoms with van der Waals surface area (Å²) in [7, 11) is 0. The van der Waals surface area contributed by atoms with Crippen LogP contribution in [0.1, 0.15) is 74.5 Å². The van der Waals surface area contributed by atoms with Gasteiger partial charge in [0.25, 0.3) is 0 Å². The van der Waals surface area contributed by atoms with Crippen molar-refractivity contribution < 1.29 is 4.39 Å². The second kappa shape index (κ2) is 8.30. The maximum Gasteiger partial charge on any atom is 0.123 e. The van der Waals surface area contributed by atoms with E-state index in [1.807, 2.05) is 0 Å². The van der Waals surface area contributed by atoms with Crippen LogP contribution in [0.3, 0.4) is 0 Å². The molecule has 0 spiro atoms. The molecule has 1 heteroatoms. The standard InChI is InChI=1S/C26H29F/c1-2-19-5-12-25-18-24(14-13-23(25)17-19)22-10-6-20(7-11-22)3-4-21-8-15-26(27)16-9-21/h6-11,15-16,19,23-25H,2,5,12-14,17-18H2,1H3/t19?,23-,24-,25-/m1/s1. The molecule has 2 aromatic carbocycles. The summed E-state index contributed by atoms with van der Waals surface area (Å²) in [6, 6.07) is 15.2. The summed E-state index contributed by atoms with van der Waals surface area (Å²) in [5, 5.41) is 0. The Morgan fingerprint density at radius 1 is 0.778 bits per heavy atom. The van der Waals surface area contributed by atoms with E-state index in [4.69, 9.17) is 0 Å². The van der Waals surface area contributed by atoms with Gasteiger partial charge in [-0.1, -0.05) is 43.7 Å². The SMILES string of the molecule is CCC1CC[C@@H]2C[C@H](c3ccc(C#Cc4ccc(F)cc4)cc3)CC[C@@H]2C1. The monoisotopic (exact) mass is 360 g/mol. The normalized spacial score (nSPS) is 27.3. The van der Waals surface area contributed by atoms with E-state index in [1.165, 1.54) is 62.6 Å². The van der Waals surface area contributed by atoms with Gasteiger partial charge in [0.05, 0.1) is 0 Å². The third kappa shape index (κ3) is 4.44. The van der Waals surface area contributed by atoms with Gasteiger partial charge in [-0.05, 0) is 97.7 Å². The number of hydrogen-bond donors (Lipinski definition) is 0. The zero-order valence-electron chi connectivity index (χ0n) is 16.3. The van der Waals surface area contributed by atoms with E-state index < -0.39 is 0 Å². The van der Waals surface area contributed by atoms with Gasteiger partial charge in [-0.2, -0.15) is 0 Å². The molecule has 0 amide bonds. The molecular formula is C26H29F. The highest BCUT2D eigenvalue weighted by molar-refractivity contribution is 5.43. The molecular weight excluding hydrogens is 331 g/mol. The van der Waals surface area contributed by atoms with Crippen LogP contribution in [0.2, 0.25) is 0 Å². The maximum atomic E-state index is 13.0. The second-order valence-electron chi connectivity index (χ2n) is 8.50. The van der Waals surface area contributed by atoms with Gasteiger partial charge in [-0.15, -0.1) is 0 Å². The van der Waals surface area contributed by atoms with E-state index in [9.17, 15) is 4.39 Å². The first kappa shape index (κ1) is 18.3. The number of halogens is 1. The average molecular weight is 361 g/mol. The summed E-state index contributed by atoms with van der Waals surface area (Å²) in [5.74, 6) is 9.74. The first-order valence-corrected chi connectivity index (χ1v) is 10.6. The molecule has 0 saturated heterocycles. The summed E-state index contributed by atoms with van der Waals surface area (Å²) < 4.78 is 13.0. The van der Waals surface area contributed by atoms with Crippen LogP contribution in [0.5, 0.6) is 0 Å². The molecule has 2 saturated carbocycles. The zero-order chi connectivity index (χ0) is 18.6. The Kier molecular flexibility index (Phi) is 5.63. The molecule has 0 aliphatic heterocycles. The Hall–Kier alpha value is -2.07. The number of hydrogen-bond acceptors (Lipinski definition) is 0. The quantitative estimate of drug-likeness (QED) is 0.509. The molecule has 4 rings (SSSR count). The molecule has 0 nitrogen and oxygen atoms in total. The molecule has 4 atom stereocenters. The number of benzene rings is 2. The first-order valence-electron chi connectivity index (χ1n) is 10.6. The predicted octanol–water partition coefficient (Wildman–Crippen LogP) is 6.94. The molecule has 0 radical (unpaired) electrons. The molecule has 2 aliphatic rings. The minimum absolute atomic E-state index is 0.220. The highest BCUT2D eigenvalue weighted by atomic mass is 19.1. The molecule has 2 aromatic rings. The van der Waals surface area contributed by atoms with Crippen LogP contribution in [0.25, 0.3) is 0 Å². The van der Waals surface area contributed by atoms with Crippen LogP contribution in [0.15, 0.2) is 48.5 Å². The fraction of sp³-hybridized carbons (Fsp3) is 0.462. The molecule has 0 bridgehead atoms. The van der Waals surface area contributed by atoms with Gasteiger partial charge >= 0.3 is 0 Å². The van der Waals surface area contributed by atoms with Crippen LogP contribution in [0, 0.1) is 35.4 Å². The van der Waals surface area contributed by atoms with Crippen molar-refractivity contribution in [3.8, 4) is 11.8 Å². The molecule has 0 heterocycles. The first-order chi connectivity index (χ1) is 13.2. The fourth-order valence-corrected chi connectivity index (χ4v) is 5.18. The highest BCUT2D eigenvalue weighted by Gasteiger charge is 2.35. The van der Waals surface area contributed by atoms with Gasteiger partial charge in [-0.25, -0.2) is 4.39 Å². The van der Waals surface area contributed by atoms with Crippen molar-refractivity contribution in [1.29, 1.82) is 0 Å². The smallest absolute Gasteiger partial charge is 0.123 e. The van der Waals surface area contributed by atoms with Crippen molar-refractivity contribution in [2.24, 2.45) is 17.8 Å². The summed E-state index contributed by atoms with van der Waals surface area (Å²) in [6.45, 7) is 2.36. The van der Waals surface area contributed by atoms with E-state index >= 15 is 0 Å². The summed E-state index contributed by atoms with van der Waals surface area (Å²) in [5.41, 5.74) is 3.36. The summed E-state index contributed by atoms with van der Waals surface area (Å²) in [4.78, 5) is 0. The molecule has 27 heavy (non-hydrogen) atoms. The van der Waals surface area contributed by atoms with Gasteiger partial charge in [-0.3, -0.25) is 0 Å². The van der Waals surface area contributed by atoms with Gasteiger partial charge < -0.3 is 0 Å². The van der Waals surface area contributed by atoms with Crippen LogP contribution >= 0.6 is 0 Å². The predicted molar refractivity (Wildman–Crippen MR) is 110 cm³/mol. The van der Waals surface area contributed by atoms with Crippen molar-refractivity contribution in [1.82, 2.24) is 0 Å². The second-order valence-corrected chi connectivity index (χ2v) is 8.50. The average Bonchev–Trinajstić information content (AvgIpc) is 2.73. The van der Waals surface area contributed by atoms with Crippen LogP contribution < -0.4 is 0 Å². The summed E-state index contributed by atoms with van der Waals surface area (Å²) >= 11 is 0. The van der Waals surface area contributed by atoms with Crippen LogP contribution in [-0.2, 0) is 0 Å². The Labute approximate surface area is 163 Å². The lowest BCUT2D eigenvalue weighted by Crippen LogP contribution is -2.30. The minimum Gasteiger partial charge on any atom is -0.207 e. The fourth-order valence-electron chi connectivity index (χ4n) is 5.18. The van der Waals surface area contributed by atoms with Gasteiger partial charge in [0.15, 0.2) is 0 Å². The van der Waals surface area contributed by atoms with Gasteiger partial charge in [0, 0.05) is 11.1 Å². The van der Waals surface area contributed by atoms with Crippen LogP contribution in [0.4, 0.5) is 4.39 Å². The Bertz CT molecular complexity index is 806. The lowest BCUT2D eigenvalue weighted by Gasteiger charge is -2.42. The number of fused-ring (bicyclic) bond motifs is 1. The van der Waals surface area contributed by atoms with Crippen molar-refractivity contribution in [3.05, 3.63) is 71.0 Å². The van der Waals surface area contributed by atoms with Crippen molar-refractivity contribution in [2.45, 2.75) is 57.8 Å². The molecule has 0 aromatic heterocycles. The Morgan fingerprint density at radius 2 is 1.37 bits per heavy atom. The summed E-state index contributed by atoms with van der Waals surface area (Å²) in [6.07, 6.45) is 9.87. The van der Waals surface area contributed by atoms with E-state index in [0.29, 0.717) is 0 Å². The van der Waals surface area contributed by atoms with E-state index in [2.05, 4.69) is 43.0 Å².